The predicted octanol–water partition coefficient (Wildman–Crippen LogP) is 2.59. The van der Waals surface area contributed by atoms with Crippen LogP contribution in [0.1, 0.15) is 24.8 Å². The molecule has 1 saturated heterocycles. The number of nitrogens with one attached hydrogen (secondary N) is 1. The van der Waals surface area contributed by atoms with Crippen molar-refractivity contribution in [3.05, 3.63) is 39.9 Å². The highest BCUT2D eigenvalue weighted by atomic mass is 19.4. The highest BCUT2D eigenvalue weighted by Crippen LogP contribution is 2.29. The molecule has 126 valence electrons. The maximum atomic E-state index is 13.1. The first-order chi connectivity index (χ1) is 10.8. The Labute approximate surface area is 130 Å². The quantitative estimate of drug-likeness (QED) is 0.642. The van der Waals surface area contributed by atoms with E-state index < -0.39 is 23.0 Å². The lowest BCUT2D eigenvalue weighted by atomic mass is 10.0. The molecule has 1 fully saturated rings. The van der Waals surface area contributed by atoms with Gasteiger partial charge < -0.3 is 0 Å². The Morgan fingerprint density at radius 1 is 1.39 bits per heavy atom. The minimum absolute atomic E-state index is 0.0276. The fraction of sp³-hybridized carbons (Fsp3) is 0.500. The van der Waals surface area contributed by atoms with Crippen molar-refractivity contribution in [1.29, 1.82) is 0 Å². The van der Waals surface area contributed by atoms with Crippen molar-refractivity contribution in [1.82, 2.24) is 10.4 Å². The third kappa shape index (κ3) is 4.65. The van der Waals surface area contributed by atoms with Crippen LogP contribution in [0, 0.1) is 10.1 Å². The van der Waals surface area contributed by atoms with Crippen LogP contribution in [0.4, 0.5) is 18.9 Å². The fourth-order valence-electron chi connectivity index (χ4n) is 2.55. The van der Waals surface area contributed by atoms with Gasteiger partial charge in [-0.25, -0.2) is 5.01 Å². The molecule has 0 aromatic heterocycles. The zero-order valence-electron chi connectivity index (χ0n) is 12.2. The van der Waals surface area contributed by atoms with Crippen LogP contribution in [-0.2, 0) is 11.2 Å². The molecule has 1 aromatic rings. The fourth-order valence-corrected chi connectivity index (χ4v) is 2.55. The molecule has 0 spiro atoms. The number of hydrogen-bond acceptors (Lipinski definition) is 4. The Hall–Kier alpha value is -2.16. The Kier molecular flexibility index (Phi) is 5.19. The standard InChI is InChI=1S/C14H16F3N3O3/c15-14(16,17)12(19-8-7-13(21)18-19)6-2-4-10-3-1-5-11(9-10)20(22)23/h1,3,5,9,12H,2,4,6-8H2,(H,18,21)/t12-/m0/s1. The largest absolute Gasteiger partial charge is 0.405 e. The SMILES string of the molecule is O=C1CCN([C@@H](CCCc2cccc([N+](=O)[O-])c2)C(F)(F)F)N1. The predicted molar refractivity (Wildman–Crippen MR) is 75.3 cm³/mol. The molecule has 1 amide bonds. The number of nitro groups is 1. The van der Waals surface area contributed by atoms with Crippen LogP contribution < -0.4 is 5.43 Å². The maximum absolute atomic E-state index is 13.1. The van der Waals surface area contributed by atoms with Gasteiger partial charge in [0.25, 0.3) is 5.69 Å². The topological polar surface area (TPSA) is 75.5 Å². The van der Waals surface area contributed by atoms with Crippen LogP contribution in [0.15, 0.2) is 24.3 Å². The number of aryl methyl sites for hydroxylation is 1. The van der Waals surface area contributed by atoms with Gasteiger partial charge in [0.05, 0.1) is 4.92 Å². The Morgan fingerprint density at radius 2 is 2.13 bits per heavy atom. The van der Waals surface area contributed by atoms with Gasteiger partial charge in [0.2, 0.25) is 5.91 Å². The summed E-state index contributed by atoms with van der Waals surface area (Å²) in [6, 6.07) is 4.11. The van der Waals surface area contributed by atoms with Crippen molar-refractivity contribution in [2.45, 2.75) is 37.9 Å². The summed E-state index contributed by atoms with van der Waals surface area (Å²) in [7, 11) is 0. The Morgan fingerprint density at radius 3 is 2.70 bits per heavy atom. The van der Waals surface area contributed by atoms with Gasteiger partial charge in [0.15, 0.2) is 0 Å². The first-order valence-corrected chi connectivity index (χ1v) is 7.13. The zero-order chi connectivity index (χ0) is 17.0. The number of amides is 1. The van der Waals surface area contributed by atoms with Gasteiger partial charge in [0.1, 0.15) is 6.04 Å². The lowest BCUT2D eigenvalue weighted by Crippen LogP contribution is -2.49. The first-order valence-electron chi connectivity index (χ1n) is 7.13. The number of carbonyl (C=O) groups excluding carboxylic acids is 1. The second-order valence-corrected chi connectivity index (χ2v) is 5.36. The van der Waals surface area contributed by atoms with Gasteiger partial charge in [-0.05, 0) is 24.8 Å². The molecule has 0 radical (unpaired) electrons. The molecule has 1 aliphatic heterocycles. The number of non-ortho nitro benzene ring substituents is 1. The number of hydrogen-bond donors (Lipinski definition) is 1. The Bertz CT molecular complexity index is 592. The molecule has 1 aromatic carbocycles. The van der Waals surface area contributed by atoms with Crippen molar-refractivity contribution in [2.75, 3.05) is 6.54 Å². The molecule has 6 nitrogen and oxygen atoms in total. The molecule has 0 unspecified atom stereocenters. The second-order valence-electron chi connectivity index (χ2n) is 5.36. The number of nitro benzene ring substituents is 1. The van der Waals surface area contributed by atoms with E-state index in [-0.39, 0.29) is 31.5 Å². The van der Waals surface area contributed by atoms with Gasteiger partial charge in [-0.15, -0.1) is 0 Å². The molecule has 0 bridgehead atoms. The number of hydrazine groups is 1. The highest BCUT2D eigenvalue weighted by Gasteiger charge is 2.45. The van der Waals surface area contributed by atoms with Gasteiger partial charge >= 0.3 is 6.18 Å². The van der Waals surface area contributed by atoms with Gasteiger partial charge in [-0.2, -0.15) is 13.2 Å². The number of carbonyl (C=O) groups is 1. The van der Waals surface area contributed by atoms with Crippen LogP contribution in [-0.4, -0.2) is 34.6 Å². The number of nitrogens with zero attached hydrogens (tertiary/aromatic N) is 2. The Balaban J connectivity index is 1.95. The highest BCUT2D eigenvalue weighted by molar-refractivity contribution is 5.77. The number of rotatable bonds is 6. The molecule has 23 heavy (non-hydrogen) atoms. The van der Waals surface area contributed by atoms with Crippen LogP contribution in [0.25, 0.3) is 0 Å². The van der Waals surface area contributed by atoms with E-state index in [9.17, 15) is 28.1 Å². The molecule has 1 N–H and O–H groups in total. The van der Waals surface area contributed by atoms with E-state index >= 15 is 0 Å². The number of benzene rings is 1. The molecule has 1 atom stereocenters. The molecular weight excluding hydrogens is 315 g/mol. The molecule has 0 aliphatic carbocycles. The summed E-state index contributed by atoms with van der Waals surface area (Å²) in [6.45, 7) is 0.0276. The van der Waals surface area contributed by atoms with Crippen LogP contribution in [0.5, 0.6) is 0 Å². The number of alkyl halides is 3. The monoisotopic (exact) mass is 331 g/mol. The smallest absolute Gasteiger partial charge is 0.288 e. The average molecular weight is 331 g/mol. The lowest BCUT2D eigenvalue weighted by Gasteiger charge is -2.28. The molecule has 1 heterocycles. The van der Waals surface area contributed by atoms with E-state index in [4.69, 9.17) is 0 Å². The third-order valence-electron chi connectivity index (χ3n) is 3.67. The minimum atomic E-state index is -4.44. The third-order valence-corrected chi connectivity index (χ3v) is 3.67. The first kappa shape index (κ1) is 17.2. The minimum Gasteiger partial charge on any atom is -0.288 e. The van der Waals surface area contributed by atoms with Crippen LogP contribution in [0.2, 0.25) is 0 Å². The summed E-state index contributed by atoms with van der Waals surface area (Å²) in [5.41, 5.74) is 2.75. The van der Waals surface area contributed by atoms with E-state index in [1.165, 1.54) is 18.2 Å². The van der Waals surface area contributed by atoms with Crippen molar-refractivity contribution in [2.24, 2.45) is 0 Å². The summed E-state index contributed by atoms with van der Waals surface area (Å²) < 4.78 is 39.3. The normalized spacial score (nSPS) is 17.1. The maximum Gasteiger partial charge on any atom is 0.405 e. The van der Waals surface area contributed by atoms with E-state index in [0.717, 1.165) is 5.01 Å². The van der Waals surface area contributed by atoms with Gasteiger partial charge in [-0.3, -0.25) is 20.3 Å². The van der Waals surface area contributed by atoms with Crippen molar-refractivity contribution < 1.29 is 22.9 Å². The number of halogens is 3. The van der Waals surface area contributed by atoms with Crippen LogP contribution in [0.3, 0.4) is 0 Å². The van der Waals surface area contributed by atoms with Crippen molar-refractivity contribution >= 4 is 11.6 Å². The summed E-state index contributed by atoms with van der Waals surface area (Å²) >= 11 is 0. The summed E-state index contributed by atoms with van der Waals surface area (Å²) in [4.78, 5) is 21.2. The molecule has 1 aliphatic rings. The summed E-state index contributed by atoms with van der Waals surface area (Å²) in [6.07, 6.45) is -4.07. The van der Waals surface area contributed by atoms with Gasteiger partial charge in [0, 0.05) is 25.1 Å². The van der Waals surface area contributed by atoms with E-state index in [2.05, 4.69) is 5.43 Å². The molecule has 2 rings (SSSR count). The second kappa shape index (κ2) is 6.95. The molecule has 0 saturated carbocycles. The van der Waals surface area contributed by atoms with Crippen molar-refractivity contribution in [3.8, 4) is 0 Å². The molecular formula is C14H16F3N3O3. The van der Waals surface area contributed by atoms with Gasteiger partial charge in [-0.1, -0.05) is 12.1 Å². The van der Waals surface area contributed by atoms with E-state index in [0.29, 0.717) is 12.0 Å². The summed E-state index contributed by atoms with van der Waals surface area (Å²) in [5, 5.41) is 11.6. The van der Waals surface area contributed by atoms with Crippen molar-refractivity contribution in [3.63, 3.8) is 0 Å². The van der Waals surface area contributed by atoms with Crippen LogP contribution >= 0.6 is 0 Å². The van der Waals surface area contributed by atoms with E-state index in [1.54, 1.807) is 6.07 Å². The summed E-state index contributed by atoms with van der Waals surface area (Å²) in [5.74, 6) is -0.419. The lowest BCUT2D eigenvalue weighted by molar-refractivity contribution is -0.384. The molecule has 9 heteroatoms. The average Bonchev–Trinajstić information content (AvgIpc) is 2.88. The zero-order valence-corrected chi connectivity index (χ0v) is 12.2. The van der Waals surface area contributed by atoms with E-state index in [1.807, 2.05) is 0 Å².